The van der Waals surface area contributed by atoms with Gasteiger partial charge in [-0.15, -0.1) is 0 Å². The number of hydrogen-bond acceptors (Lipinski definition) is 7. The number of amides is 1. The lowest BCUT2D eigenvalue weighted by molar-refractivity contribution is 0.0950. The highest BCUT2D eigenvalue weighted by Crippen LogP contribution is 2.28. The summed E-state index contributed by atoms with van der Waals surface area (Å²) in [6, 6.07) is 12.5. The molecule has 0 spiro atoms. The van der Waals surface area contributed by atoms with E-state index in [1.165, 1.54) is 6.20 Å². The van der Waals surface area contributed by atoms with Gasteiger partial charge in [0.1, 0.15) is 0 Å². The number of aryl methyl sites for hydroxylation is 1. The Labute approximate surface area is 203 Å². The minimum atomic E-state index is -0.584. The first-order chi connectivity index (χ1) is 17.0. The zero-order chi connectivity index (χ0) is 24.8. The normalized spacial score (nSPS) is 12.5. The molecule has 2 aromatic carbocycles. The van der Waals surface area contributed by atoms with Gasteiger partial charge < -0.3 is 25.4 Å². The number of halogens is 1. The van der Waals surface area contributed by atoms with Gasteiger partial charge in [-0.2, -0.15) is 4.39 Å². The minimum absolute atomic E-state index is 0.278. The van der Waals surface area contributed by atoms with Gasteiger partial charge >= 0.3 is 0 Å². The Kier molecular flexibility index (Phi) is 7.45. The molecule has 0 unspecified atom stereocenters. The highest BCUT2D eigenvalue weighted by Gasteiger charge is 2.15. The highest BCUT2D eigenvalue weighted by atomic mass is 19.1. The fraction of sp³-hybridized carbons (Fsp3) is 0.269. The molecule has 2 heterocycles. The Morgan fingerprint density at radius 3 is 2.63 bits per heavy atom. The maximum atomic E-state index is 14.6. The second-order valence-corrected chi connectivity index (χ2v) is 8.15. The van der Waals surface area contributed by atoms with Crippen LogP contribution in [0.25, 0.3) is 11.1 Å². The summed E-state index contributed by atoms with van der Waals surface area (Å²) < 4.78 is 25.2. The molecular weight excluding hydrogens is 449 g/mol. The molecule has 1 aliphatic heterocycles. The van der Waals surface area contributed by atoms with Crippen molar-refractivity contribution < 1.29 is 18.7 Å². The van der Waals surface area contributed by atoms with Crippen molar-refractivity contribution in [2.24, 2.45) is 4.99 Å². The topological polar surface area (TPSA) is 96.9 Å². The molecule has 0 bridgehead atoms. The van der Waals surface area contributed by atoms with Gasteiger partial charge in [-0.25, -0.2) is 4.98 Å². The first kappa shape index (κ1) is 24.0. The Morgan fingerprint density at radius 2 is 1.89 bits per heavy atom. The largest absolute Gasteiger partial charge is 0.493 e. The molecular formula is C26H28FN5O3. The van der Waals surface area contributed by atoms with Crippen molar-refractivity contribution in [3.8, 4) is 22.6 Å². The predicted molar refractivity (Wildman–Crippen MR) is 132 cm³/mol. The lowest BCUT2D eigenvalue weighted by Gasteiger charge is -2.13. The van der Waals surface area contributed by atoms with E-state index in [9.17, 15) is 9.18 Å². The van der Waals surface area contributed by atoms with E-state index in [0.717, 1.165) is 23.2 Å². The van der Waals surface area contributed by atoms with E-state index in [1.54, 1.807) is 38.5 Å². The van der Waals surface area contributed by atoms with E-state index in [2.05, 4.69) is 25.9 Å². The van der Waals surface area contributed by atoms with E-state index in [4.69, 9.17) is 9.47 Å². The van der Waals surface area contributed by atoms with E-state index in [0.29, 0.717) is 47.2 Å². The maximum absolute atomic E-state index is 14.6. The molecule has 1 aliphatic rings. The maximum Gasteiger partial charge on any atom is 0.251 e. The van der Waals surface area contributed by atoms with Crippen molar-refractivity contribution in [2.45, 2.75) is 20.0 Å². The number of carbonyl (C=O) groups excluding carboxylic acids is 1. The van der Waals surface area contributed by atoms with Crippen LogP contribution in [-0.2, 0) is 13.1 Å². The van der Waals surface area contributed by atoms with Crippen LogP contribution in [0, 0.1) is 12.9 Å². The zero-order valence-corrected chi connectivity index (χ0v) is 19.9. The van der Waals surface area contributed by atoms with Crippen molar-refractivity contribution in [3.05, 3.63) is 76.9 Å². The van der Waals surface area contributed by atoms with Gasteiger partial charge in [0.2, 0.25) is 5.95 Å². The number of pyridine rings is 1. The number of hydrogen-bond donors (Lipinski definition) is 3. The van der Waals surface area contributed by atoms with E-state index in [-0.39, 0.29) is 12.5 Å². The van der Waals surface area contributed by atoms with Crippen molar-refractivity contribution in [1.82, 2.24) is 20.9 Å². The summed E-state index contributed by atoms with van der Waals surface area (Å²) in [6.45, 7) is 4.06. The Balaban J connectivity index is 1.58. The van der Waals surface area contributed by atoms with E-state index < -0.39 is 5.95 Å². The van der Waals surface area contributed by atoms with Gasteiger partial charge in [-0.3, -0.25) is 9.79 Å². The summed E-state index contributed by atoms with van der Waals surface area (Å²) in [7, 11) is 3.13. The van der Waals surface area contributed by atoms with Crippen LogP contribution in [0.15, 0.2) is 53.7 Å². The fourth-order valence-corrected chi connectivity index (χ4v) is 3.81. The van der Waals surface area contributed by atoms with Crippen molar-refractivity contribution in [2.75, 3.05) is 27.3 Å². The molecule has 3 N–H and O–H groups in total. The number of benzene rings is 2. The number of nitrogens with one attached hydrogen (secondary N) is 3. The molecule has 0 aliphatic carbocycles. The number of ether oxygens (including phenoxy) is 2. The van der Waals surface area contributed by atoms with E-state index in [1.807, 2.05) is 25.1 Å². The van der Waals surface area contributed by atoms with Crippen LogP contribution in [0.3, 0.4) is 0 Å². The van der Waals surface area contributed by atoms with Crippen LogP contribution in [0.1, 0.15) is 27.0 Å². The third-order valence-electron chi connectivity index (χ3n) is 5.58. The van der Waals surface area contributed by atoms with Gasteiger partial charge in [-0.1, -0.05) is 6.07 Å². The second-order valence-electron chi connectivity index (χ2n) is 8.15. The molecule has 35 heavy (non-hydrogen) atoms. The molecule has 3 aromatic rings. The number of aromatic nitrogens is 1. The molecule has 4 rings (SSSR count). The summed E-state index contributed by atoms with van der Waals surface area (Å²) in [5.41, 5.74) is 3.84. The standard InChI is InChI=1S/C26H28FN5O3/c1-16-8-21(24(27)30-13-16)19-9-18(15-32-26-28-6-7-29-26)10-20(12-19)25(33)31-14-17-4-5-22(34-2)23(11-17)35-3/h4-5,8-13H,6-7,14-15H2,1-3H3,(H,31,33)(H2,28,29,32). The second kappa shape index (κ2) is 10.9. The lowest BCUT2D eigenvalue weighted by Crippen LogP contribution is -2.33. The zero-order valence-electron chi connectivity index (χ0n) is 19.9. The molecule has 0 fully saturated rings. The number of aliphatic imine (C=N–C) groups is 1. The Morgan fingerprint density at radius 1 is 1.06 bits per heavy atom. The lowest BCUT2D eigenvalue weighted by atomic mass is 9.99. The van der Waals surface area contributed by atoms with Gasteiger partial charge in [0.15, 0.2) is 17.5 Å². The van der Waals surface area contributed by atoms with Gasteiger partial charge in [0.25, 0.3) is 5.91 Å². The number of methoxy groups -OCH3 is 2. The van der Waals surface area contributed by atoms with Crippen LogP contribution in [0.4, 0.5) is 4.39 Å². The van der Waals surface area contributed by atoms with Gasteiger partial charge in [-0.05, 0) is 65.6 Å². The van der Waals surface area contributed by atoms with Crippen LogP contribution < -0.4 is 25.4 Å². The Bertz CT molecular complexity index is 1260. The monoisotopic (exact) mass is 477 g/mol. The first-order valence-corrected chi connectivity index (χ1v) is 11.2. The van der Waals surface area contributed by atoms with Crippen LogP contribution in [0.5, 0.6) is 11.5 Å². The van der Waals surface area contributed by atoms with Crippen LogP contribution in [0.2, 0.25) is 0 Å². The number of nitrogens with zero attached hydrogens (tertiary/aromatic N) is 2. The number of guanidine groups is 1. The Hall–Kier alpha value is -4.14. The number of carbonyl (C=O) groups is 1. The van der Waals surface area contributed by atoms with E-state index >= 15 is 0 Å². The summed E-state index contributed by atoms with van der Waals surface area (Å²) in [4.78, 5) is 21.3. The molecule has 0 saturated heterocycles. The van der Waals surface area contributed by atoms with Crippen molar-refractivity contribution >= 4 is 11.9 Å². The average Bonchev–Trinajstić information content (AvgIpc) is 3.41. The molecule has 9 heteroatoms. The van der Waals surface area contributed by atoms with Gasteiger partial charge in [0, 0.05) is 37.0 Å². The van der Waals surface area contributed by atoms with Crippen molar-refractivity contribution in [3.63, 3.8) is 0 Å². The molecule has 0 atom stereocenters. The smallest absolute Gasteiger partial charge is 0.251 e. The molecule has 1 aromatic heterocycles. The third kappa shape index (κ3) is 5.87. The minimum Gasteiger partial charge on any atom is -0.493 e. The molecule has 1 amide bonds. The molecule has 0 saturated carbocycles. The van der Waals surface area contributed by atoms with Crippen LogP contribution in [-0.4, -0.2) is 44.2 Å². The summed E-state index contributed by atoms with van der Waals surface area (Å²) in [6.07, 6.45) is 1.48. The van der Waals surface area contributed by atoms with Gasteiger partial charge in [0.05, 0.1) is 20.8 Å². The first-order valence-electron chi connectivity index (χ1n) is 11.2. The summed E-state index contributed by atoms with van der Waals surface area (Å²) in [5, 5.41) is 9.31. The highest BCUT2D eigenvalue weighted by molar-refractivity contribution is 5.95. The number of rotatable bonds is 8. The van der Waals surface area contributed by atoms with Crippen LogP contribution >= 0.6 is 0 Å². The summed E-state index contributed by atoms with van der Waals surface area (Å²) >= 11 is 0. The molecule has 182 valence electrons. The molecule has 0 radical (unpaired) electrons. The fourth-order valence-electron chi connectivity index (χ4n) is 3.81. The third-order valence-corrected chi connectivity index (χ3v) is 5.58. The average molecular weight is 478 g/mol. The molecule has 8 nitrogen and oxygen atoms in total. The predicted octanol–water partition coefficient (Wildman–Crippen LogP) is 3.19. The quantitative estimate of drug-likeness (QED) is 0.431. The summed E-state index contributed by atoms with van der Waals surface area (Å²) in [5.74, 6) is 1.04. The SMILES string of the molecule is COc1ccc(CNC(=O)c2cc(CNC3=NCCN3)cc(-c3cc(C)cnc3F)c2)cc1OC. The van der Waals surface area contributed by atoms with Crippen molar-refractivity contribution in [1.29, 1.82) is 0 Å².